The number of nitriles is 1. The summed E-state index contributed by atoms with van der Waals surface area (Å²) in [4.78, 5) is 11.0. The maximum absolute atomic E-state index is 12.3. The van der Waals surface area contributed by atoms with Crippen LogP contribution >= 0.6 is 0 Å². The van der Waals surface area contributed by atoms with Crippen molar-refractivity contribution in [2.24, 2.45) is 0 Å². The normalized spacial score (nSPS) is 13.8. The molecule has 1 atom stereocenters. The number of carbonyl (C=O) groups is 1. The Kier molecular flexibility index (Phi) is 4.68. The minimum absolute atomic E-state index is 0.139. The predicted molar refractivity (Wildman–Crippen MR) is 66.7 cm³/mol. The van der Waals surface area contributed by atoms with Crippen LogP contribution in [0, 0.1) is 11.3 Å². The van der Waals surface area contributed by atoms with Crippen LogP contribution in [0.2, 0.25) is 0 Å². The van der Waals surface area contributed by atoms with Crippen molar-refractivity contribution in [2.75, 3.05) is 14.2 Å². The van der Waals surface area contributed by atoms with Gasteiger partial charge in [0.25, 0.3) is 0 Å². The molecule has 0 aliphatic rings. The molecule has 1 rings (SSSR count). The van der Waals surface area contributed by atoms with Crippen LogP contribution in [0.15, 0.2) is 18.2 Å². The first kappa shape index (κ1) is 16.6. The molecule has 0 radical (unpaired) electrons. The summed E-state index contributed by atoms with van der Waals surface area (Å²) in [5, 5.41) is 10.8. The van der Waals surface area contributed by atoms with Crippen LogP contribution in [0.3, 0.4) is 0 Å². The van der Waals surface area contributed by atoms with Crippen molar-refractivity contribution in [1.29, 1.82) is 5.26 Å². The van der Waals surface area contributed by atoms with E-state index in [9.17, 15) is 18.0 Å². The van der Waals surface area contributed by atoms with Gasteiger partial charge in [-0.25, -0.2) is 0 Å². The van der Waals surface area contributed by atoms with Crippen molar-refractivity contribution in [1.82, 2.24) is 5.32 Å². The Morgan fingerprint density at radius 3 is 2.24 bits per heavy atom. The molecule has 1 aromatic carbocycles. The average Bonchev–Trinajstić information content (AvgIpc) is 2.45. The second-order valence-corrected chi connectivity index (χ2v) is 4.26. The van der Waals surface area contributed by atoms with Crippen LogP contribution < -0.4 is 14.8 Å². The van der Waals surface area contributed by atoms with Gasteiger partial charge in [0.05, 0.1) is 20.3 Å². The summed E-state index contributed by atoms with van der Waals surface area (Å²) in [5.41, 5.74) is -1.72. The molecule has 0 heterocycles. The maximum Gasteiger partial charge on any atom is 0.471 e. The highest BCUT2D eigenvalue weighted by atomic mass is 19.4. The highest BCUT2D eigenvalue weighted by molar-refractivity contribution is 5.83. The van der Waals surface area contributed by atoms with E-state index in [0.717, 1.165) is 6.92 Å². The molecule has 0 aromatic heterocycles. The second-order valence-electron chi connectivity index (χ2n) is 4.26. The molecule has 0 fully saturated rings. The number of methoxy groups -OCH3 is 2. The van der Waals surface area contributed by atoms with Crippen LogP contribution in [0.1, 0.15) is 12.5 Å². The Hall–Kier alpha value is -2.43. The van der Waals surface area contributed by atoms with Crippen LogP contribution in [-0.2, 0) is 10.3 Å². The van der Waals surface area contributed by atoms with Crippen molar-refractivity contribution in [2.45, 2.75) is 18.6 Å². The van der Waals surface area contributed by atoms with Gasteiger partial charge in [-0.15, -0.1) is 0 Å². The SMILES string of the molecule is COc1ccc([C@@](C)(C#N)NC(=O)C(F)(F)F)cc1OC. The van der Waals surface area contributed by atoms with Crippen molar-refractivity contribution < 1.29 is 27.4 Å². The van der Waals surface area contributed by atoms with Crippen LogP contribution in [0.25, 0.3) is 0 Å². The first-order chi connectivity index (χ1) is 9.67. The maximum atomic E-state index is 12.3. The molecule has 0 spiro atoms. The van der Waals surface area contributed by atoms with Gasteiger partial charge in [-0.1, -0.05) is 6.07 Å². The summed E-state index contributed by atoms with van der Waals surface area (Å²) in [6.07, 6.45) is -5.07. The van der Waals surface area contributed by atoms with Gasteiger partial charge < -0.3 is 14.8 Å². The Labute approximate surface area is 119 Å². The lowest BCUT2D eigenvalue weighted by Gasteiger charge is -2.25. The zero-order valence-corrected chi connectivity index (χ0v) is 11.5. The Morgan fingerprint density at radius 2 is 1.81 bits per heavy atom. The number of carbonyl (C=O) groups excluding carboxylic acids is 1. The van der Waals surface area contributed by atoms with E-state index in [1.807, 2.05) is 0 Å². The van der Waals surface area contributed by atoms with E-state index in [1.165, 1.54) is 32.4 Å². The molecule has 8 heteroatoms. The van der Waals surface area contributed by atoms with Crippen molar-refractivity contribution in [3.05, 3.63) is 23.8 Å². The van der Waals surface area contributed by atoms with Gasteiger partial charge in [-0.3, -0.25) is 4.79 Å². The molecule has 21 heavy (non-hydrogen) atoms. The van der Waals surface area contributed by atoms with E-state index in [2.05, 4.69) is 0 Å². The van der Waals surface area contributed by atoms with Gasteiger partial charge >= 0.3 is 12.1 Å². The van der Waals surface area contributed by atoms with Gasteiger partial charge in [0.1, 0.15) is 0 Å². The quantitative estimate of drug-likeness (QED) is 0.924. The molecule has 1 aromatic rings. The molecule has 0 bridgehead atoms. The number of halogens is 3. The molecule has 0 aliphatic heterocycles. The molecule has 0 unspecified atom stereocenters. The van der Waals surface area contributed by atoms with Crippen molar-refractivity contribution >= 4 is 5.91 Å². The number of amides is 1. The van der Waals surface area contributed by atoms with E-state index in [4.69, 9.17) is 14.7 Å². The summed E-state index contributed by atoms with van der Waals surface area (Å²) in [6, 6.07) is 5.80. The van der Waals surface area contributed by atoms with E-state index >= 15 is 0 Å². The number of benzene rings is 1. The number of nitrogens with zero attached hydrogens (tertiary/aromatic N) is 1. The summed E-state index contributed by atoms with van der Waals surface area (Å²) >= 11 is 0. The molecule has 5 nitrogen and oxygen atoms in total. The molecule has 114 valence electrons. The van der Waals surface area contributed by atoms with E-state index in [-0.39, 0.29) is 11.3 Å². The molecular formula is C13H13F3N2O3. The van der Waals surface area contributed by atoms with E-state index < -0.39 is 17.6 Å². The highest BCUT2D eigenvalue weighted by Crippen LogP contribution is 2.32. The molecule has 1 amide bonds. The third kappa shape index (κ3) is 3.56. The first-order valence-electron chi connectivity index (χ1n) is 5.71. The topological polar surface area (TPSA) is 71.3 Å². The number of rotatable bonds is 4. The largest absolute Gasteiger partial charge is 0.493 e. The highest BCUT2D eigenvalue weighted by Gasteiger charge is 2.43. The van der Waals surface area contributed by atoms with Gasteiger partial charge in [0.15, 0.2) is 17.0 Å². The lowest BCUT2D eigenvalue weighted by atomic mass is 9.93. The fourth-order valence-electron chi connectivity index (χ4n) is 1.61. The molecular weight excluding hydrogens is 289 g/mol. The number of hydrogen-bond acceptors (Lipinski definition) is 4. The number of alkyl halides is 3. The Morgan fingerprint density at radius 1 is 1.24 bits per heavy atom. The summed E-state index contributed by atoms with van der Waals surface area (Å²) in [6.45, 7) is 1.16. The molecule has 0 saturated carbocycles. The smallest absolute Gasteiger partial charge is 0.471 e. The average molecular weight is 302 g/mol. The van der Waals surface area contributed by atoms with Crippen LogP contribution in [0.4, 0.5) is 13.2 Å². The van der Waals surface area contributed by atoms with Crippen molar-refractivity contribution in [3.8, 4) is 17.6 Å². The van der Waals surface area contributed by atoms with Gasteiger partial charge in [-0.2, -0.15) is 18.4 Å². The monoisotopic (exact) mass is 302 g/mol. The molecule has 1 N–H and O–H groups in total. The molecule has 0 saturated heterocycles. The van der Waals surface area contributed by atoms with Gasteiger partial charge in [-0.05, 0) is 24.6 Å². The third-order valence-corrected chi connectivity index (χ3v) is 2.81. The lowest BCUT2D eigenvalue weighted by Crippen LogP contribution is -2.48. The zero-order valence-electron chi connectivity index (χ0n) is 11.5. The first-order valence-corrected chi connectivity index (χ1v) is 5.71. The van der Waals surface area contributed by atoms with Crippen LogP contribution in [0.5, 0.6) is 11.5 Å². The van der Waals surface area contributed by atoms with Gasteiger partial charge in [0.2, 0.25) is 0 Å². The second kappa shape index (κ2) is 5.91. The Bertz CT molecular complexity index is 581. The zero-order chi connectivity index (χ0) is 16.3. The summed E-state index contributed by atoms with van der Waals surface area (Å²) in [5.74, 6) is -1.61. The van der Waals surface area contributed by atoms with Crippen molar-refractivity contribution in [3.63, 3.8) is 0 Å². The lowest BCUT2D eigenvalue weighted by molar-refractivity contribution is -0.175. The predicted octanol–water partition coefficient (Wildman–Crippen LogP) is 2.12. The number of ether oxygens (including phenoxy) is 2. The summed E-state index contributed by atoms with van der Waals surface area (Å²) in [7, 11) is 2.74. The standard InChI is InChI=1S/C13H13F3N2O3/c1-12(7-17,18-11(19)13(14,15)16)8-4-5-9(20-2)10(6-8)21-3/h4-6H,1-3H3,(H,18,19)/t12-/m1/s1. The van der Waals surface area contributed by atoms with Crippen LogP contribution in [-0.4, -0.2) is 26.3 Å². The van der Waals surface area contributed by atoms with E-state index in [0.29, 0.717) is 5.75 Å². The fraction of sp³-hybridized carbons (Fsp3) is 0.385. The molecule has 0 aliphatic carbocycles. The minimum atomic E-state index is -5.07. The summed E-state index contributed by atoms with van der Waals surface area (Å²) < 4.78 is 47.0. The number of hydrogen-bond donors (Lipinski definition) is 1. The number of nitrogens with one attached hydrogen (secondary N) is 1. The van der Waals surface area contributed by atoms with Gasteiger partial charge in [0, 0.05) is 0 Å². The minimum Gasteiger partial charge on any atom is -0.493 e. The van der Waals surface area contributed by atoms with E-state index in [1.54, 1.807) is 11.4 Å². The Balaban J connectivity index is 3.21. The fourth-order valence-corrected chi connectivity index (χ4v) is 1.61. The third-order valence-electron chi connectivity index (χ3n) is 2.81.